The van der Waals surface area contributed by atoms with E-state index in [9.17, 15) is 4.79 Å². The molecule has 0 unspecified atom stereocenters. The number of nitrogens with two attached hydrogens (primary N) is 1. The fourth-order valence-electron chi connectivity index (χ4n) is 2.75. The molecule has 0 saturated carbocycles. The topological polar surface area (TPSA) is 91.8 Å². The first kappa shape index (κ1) is 13.6. The first-order valence-corrected chi connectivity index (χ1v) is 6.78. The third kappa shape index (κ3) is 1.99. The second-order valence-electron chi connectivity index (χ2n) is 5.69. The first-order chi connectivity index (χ1) is 9.95. The number of carbonyl (C=O) groups is 1. The van der Waals surface area contributed by atoms with E-state index in [4.69, 9.17) is 5.84 Å². The third-order valence-electron chi connectivity index (χ3n) is 3.96. The number of aromatic nitrogens is 3. The van der Waals surface area contributed by atoms with Crippen LogP contribution in [0.1, 0.15) is 13.8 Å². The van der Waals surface area contributed by atoms with E-state index >= 15 is 0 Å². The molecule has 2 aromatic heterocycles. The van der Waals surface area contributed by atoms with Gasteiger partial charge in [-0.3, -0.25) is 4.79 Å². The molecule has 0 aliphatic carbocycles. The van der Waals surface area contributed by atoms with Gasteiger partial charge in [0.25, 0.3) is 0 Å². The predicted molar refractivity (Wildman–Crippen MR) is 79.9 cm³/mol. The highest BCUT2D eigenvalue weighted by Crippen LogP contribution is 2.30. The van der Waals surface area contributed by atoms with Gasteiger partial charge in [0, 0.05) is 32.5 Å². The molecule has 1 saturated heterocycles. The van der Waals surface area contributed by atoms with E-state index in [1.54, 1.807) is 17.3 Å². The molecule has 3 rings (SSSR count). The Balaban J connectivity index is 2.15. The molecule has 3 heterocycles. The molecule has 1 aliphatic heterocycles. The number of hydrogen-bond donors (Lipinski definition) is 2. The average Bonchev–Trinajstić information content (AvgIpc) is 2.92. The maximum absolute atomic E-state index is 12.4. The number of likely N-dealkylation sites (N-methyl/N-ethyl adjacent to an activating group) is 1. The van der Waals surface area contributed by atoms with E-state index in [-0.39, 0.29) is 5.91 Å². The third-order valence-corrected chi connectivity index (χ3v) is 3.96. The summed E-state index contributed by atoms with van der Waals surface area (Å²) in [6.45, 7) is 5.14. The van der Waals surface area contributed by atoms with Crippen LogP contribution in [-0.4, -0.2) is 50.9 Å². The molecule has 0 spiro atoms. The van der Waals surface area contributed by atoms with Crippen LogP contribution in [0.3, 0.4) is 0 Å². The Morgan fingerprint density at radius 1 is 1.38 bits per heavy atom. The van der Waals surface area contributed by atoms with E-state index < -0.39 is 5.54 Å². The molecule has 8 nitrogen and oxygen atoms in total. The van der Waals surface area contributed by atoms with Gasteiger partial charge < -0.3 is 19.6 Å². The molecule has 1 fully saturated rings. The summed E-state index contributed by atoms with van der Waals surface area (Å²) in [7, 11) is 1.82. The number of nitrogens with zero attached hydrogens (tertiary/aromatic N) is 5. The molecule has 21 heavy (non-hydrogen) atoms. The van der Waals surface area contributed by atoms with Crippen molar-refractivity contribution in [3.05, 3.63) is 18.6 Å². The van der Waals surface area contributed by atoms with Crippen LogP contribution >= 0.6 is 0 Å². The lowest BCUT2D eigenvalue weighted by Gasteiger charge is -2.45. The number of carbonyl (C=O) groups excluding carboxylic acids is 1. The lowest BCUT2D eigenvalue weighted by Crippen LogP contribution is -2.62. The van der Waals surface area contributed by atoms with E-state index in [0.29, 0.717) is 30.4 Å². The Kier molecular flexibility index (Phi) is 2.98. The minimum Gasteiger partial charge on any atom is -0.342 e. The van der Waals surface area contributed by atoms with E-state index in [1.165, 1.54) is 0 Å². The van der Waals surface area contributed by atoms with Gasteiger partial charge >= 0.3 is 0 Å². The summed E-state index contributed by atoms with van der Waals surface area (Å²) < 4.78 is 1.84. The lowest BCUT2D eigenvalue weighted by molar-refractivity contribution is -0.136. The molecular formula is C13H19N7O. The molecule has 112 valence electrons. The minimum atomic E-state index is -0.681. The zero-order chi connectivity index (χ0) is 15.2. The highest BCUT2D eigenvalue weighted by Gasteiger charge is 2.42. The molecule has 1 aliphatic rings. The van der Waals surface area contributed by atoms with Crippen LogP contribution in [-0.2, 0) is 4.79 Å². The van der Waals surface area contributed by atoms with Gasteiger partial charge in [0.05, 0.1) is 6.20 Å². The van der Waals surface area contributed by atoms with E-state index in [2.05, 4.69) is 15.4 Å². The number of anilines is 2. The van der Waals surface area contributed by atoms with E-state index in [1.807, 2.05) is 36.4 Å². The molecular weight excluding hydrogens is 270 g/mol. The maximum Gasteiger partial charge on any atom is 0.247 e. The second kappa shape index (κ2) is 4.59. The Hall–Kier alpha value is -2.35. The zero-order valence-corrected chi connectivity index (χ0v) is 12.4. The zero-order valence-electron chi connectivity index (χ0n) is 12.4. The normalized spacial score (nSPS) is 18.4. The summed E-state index contributed by atoms with van der Waals surface area (Å²) in [5, 5.41) is 0. The molecule has 0 bridgehead atoms. The van der Waals surface area contributed by atoms with Crippen LogP contribution in [0.2, 0.25) is 0 Å². The first-order valence-electron chi connectivity index (χ1n) is 6.78. The number of hydrazine groups is 1. The molecule has 0 atom stereocenters. The Morgan fingerprint density at radius 2 is 2.14 bits per heavy atom. The molecule has 3 N–H and O–H groups in total. The van der Waals surface area contributed by atoms with Crippen molar-refractivity contribution in [2.24, 2.45) is 5.84 Å². The van der Waals surface area contributed by atoms with Gasteiger partial charge in [-0.2, -0.15) is 0 Å². The number of fused-ring (bicyclic) bond motifs is 1. The highest BCUT2D eigenvalue weighted by atomic mass is 16.2. The minimum absolute atomic E-state index is 0.0615. The van der Waals surface area contributed by atoms with Crippen LogP contribution in [0.25, 0.3) is 5.65 Å². The predicted octanol–water partition coefficient (Wildman–Crippen LogP) is 0.0719. The van der Waals surface area contributed by atoms with Crippen molar-refractivity contribution in [2.75, 3.05) is 30.5 Å². The average molecular weight is 289 g/mol. The number of hydrogen-bond acceptors (Lipinski definition) is 6. The van der Waals surface area contributed by atoms with Crippen molar-refractivity contribution in [3.8, 4) is 0 Å². The van der Waals surface area contributed by atoms with Crippen molar-refractivity contribution in [1.82, 2.24) is 19.3 Å². The Bertz CT molecular complexity index is 693. The van der Waals surface area contributed by atoms with Crippen LogP contribution in [0.4, 0.5) is 11.6 Å². The summed E-state index contributed by atoms with van der Waals surface area (Å²) in [6, 6.07) is 0. The number of piperazine rings is 1. The van der Waals surface area contributed by atoms with Gasteiger partial charge in [-0.25, -0.2) is 15.8 Å². The van der Waals surface area contributed by atoms with Gasteiger partial charge in [-0.05, 0) is 13.8 Å². The van der Waals surface area contributed by atoms with Crippen LogP contribution < -0.4 is 16.2 Å². The highest BCUT2D eigenvalue weighted by molar-refractivity contribution is 5.91. The van der Waals surface area contributed by atoms with Gasteiger partial charge in [0.1, 0.15) is 5.54 Å². The quantitative estimate of drug-likeness (QED) is 0.600. The van der Waals surface area contributed by atoms with Crippen molar-refractivity contribution < 1.29 is 4.79 Å². The number of nitrogen functional groups attached to an aromatic ring is 1. The number of amides is 1. The largest absolute Gasteiger partial charge is 0.342 e. The van der Waals surface area contributed by atoms with Crippen molar-refractivity contribution >= 4 is 23.2 Å². The number of rotatable bonds is 2. The number of imidazole rings is 1. The van der Waals surface area contributed by atoms with Crippen LogP contribution in [0, 0.1) is 0 Å². The van der Waals surface area contributed by atoms with Crippen molar-refractivity contribution in [3.63, 3.8) is 0 Å². The second-order valence-corrected chi connectivity index (χ2v) is 5.69. The van der Waals surface area contributed by atoms with Gasteiger partial charge in [0.2, 0.25) is 5.91 Å². The fourth-order valence-corrected chi connectivity index (χ4v) is 2.75. The van der Waals surface area contributed by atoms with Crippen molar-refractivity contribution in [1.29, 1.82) is 0 Å². The van der Waals surface area contributed by atoms with E-state index in [0.717, 1.165) is 0 Å². The smallest absolute Gasteiger partial charge is 0.247 e. The summed E-state index contributed by atoms with van der Waals surface area (Å²) >= 11 is 0. The van der Waals surface area contributed by atoms with Gasteiger partial charge in [-0.1, -0.05) is 0 Å². The standard InChI is InChI=1S/C13H19N7O/c1-13(2)12(21)18(3)6-7-20(13)11-10-15-4-5-19(10)8-9(16-11)17-14/h4-5,8,17H,6-7,14H2,1-3H3. The molecule has 0 radical (unpaired) electrons. The van der Waals surface area contributed by atoms with Crippen LogP contribution in [0.5, 0.6) is 0 Å². The SMILES string of the molecule is CN1CCN(c2nc(NN)cn3ccnc23)C(C)(C)C1=O. The monoisotopic (exact) mass is 289 g/mol. The van der Waals surface area contributed by atoms with Crippen molar-refractivity contribution in [2.45, 2.75) is 19.4 Å². The molecule has 0 aromatic carbocycles. The molecule has 8 heteroatoms. The number of nitrogens with one attached hydrogen (secondary N) is 1. The molecule has 2 aromatic rings. The van der Waals surface area contributed by atoms with Gasteiger partial charge in [0.15, 0.2) is 17.3 Å². The summed E-state index contributed by atoms with van der Waals surface area (Å²) in [5.41, 5.74) is 2.58. The lowest BCUT2D eigenvalue weighted by atomic mass is 9.98. The summed E-state index contributed by atoms with van der Waals surface area (Å²) in [6.07, 6.45) is 5.29. The fraction of sp³-hybridized carbons (Fsp3) is 0.462. The Morgan fingerprint density at radius 3 is 2.86 bits per heavy atom. The molecule has 1 amide bonds. The summed E-state index contributed by atoms with van der Waals surface area (Å²) in [4.78, 5) is 25.0. The summed E-state index contributed by atoms with van der Waals surface area (Å²) in [5.74, 6) is 6.73. The maximum atomic E-state index is 12.4. The van der Waals surface area contributed by atoms with Crippen LogP contribution in [0.15, 0.2) is 18.6 Å². The Labute approximate surface area is 122 Å². The van der Waals surface area contributed by atoms with Gasteiger partial charge in [-0.15, -0.1) is 0 Å².